The lowest BCUT2D eigenvalue weighted by Gasteiger charge is -2.31. The van der Waals surface area contributed by atoms with Gasteiger partial charge in [-0.05, 0) is 36.8 Å². The minimum absolute atomic E-state index is 0.000488. The molecule has 1 aromatic rings. The Kier molecular flexibility index (Phi) is 4.21. The lowest BCUT2D eigenvalue weighted by atomic mass is 9.70. The highest BCUT2D eigenvalue weighted by Gasteiger charge is 2.46. The molecule has 3 rings (SSSR count). The predicted octanol–water partition coefficient (Wildman–Crippen LogP) is 2.47. The van der Waals surface area contributed by atoms with Gasteiger partial charge in [-0.1, -0.05) is 30.7 Å². The Labute approximate surface area is 142 Å². The van der Waals surface area contributed by atoms with E-state index >= 15 is 0 Å². The molecule has 0 unspecified atom stereocenters. The molecule has 24 heavy (non-hydrogen) atoms. The monoisotopic (exact) mass is 341 g/mol. The Morgan fingerprint density at radius 1 is 1.17 bits per heavy atom. The molecule has 124 valence electrons. The summed E-state index contributed by atoms with van der Waals surface area (Å²) in [5, 5.41) is 18.6. The van der Waals surface area contributed by atoms with Gasteiger partial charge in [0.2, 0.25) is 10.0 Å². The number of sulfonamides is 1. The Morgan fingerprint density at radius 3 is 2.42 bits per heavy atom. The molecule has 1 aromatic carbocycles. The van der Waals surface area contributed by atoms with E-state index in [1.165, 1.54) is 4.31 Å². The van der Waals surface area contributed by atoms with Crippen LogP contribution in [0.4, 0.5) is 0 Å². The topological polar surface area (TPSA) is 85.0 Å². The summed E-state index contributed by atoms with van der Waals surface area (Å²) in [6, 6.07) is 11.1. The molecule has 6 heteroatoms. The summed E-state index contributed by atoms with van der Waals surface area (Å²) in [5.41, 5.74) is 1.48. The summed E-state index contributed by atoms with van der Waals surface area (Å²) >= 11 is 0. The molecule has 1 saturated heterocycles. The summed E-state index contributed by atoms with van der Waals surface area (Å²) in [6.07, 6.45) is 1.81. The number of aryl methyl sites for hydroxylation is 1. The van der Waals surface area contributed by atoms with E-state index < -0.39 is 15.9 Å². The summed E-state index contributed by atoms with van der Waals surface area (Å²) in [7, 11) is -3.55. The first-order valence-corrected chi connectivity index (χ1v) is 9.40. The normalized spacial score (nSPS) is 30.1. The molecule has 1 aliphatic heterocycles. The van der Waals surface area contributed by atoms with Crippen LogP contribution >= 0.6 is 0 Å². The highest BCUT2D eigenvalue weighted by molar-refractivity contribution is 7.89. The molecule has 0 spiro atoms. The van der Waals surface area contributed by atoms with Crippen molar-refractivity contribution in [3.8, 4) is 12.1 Å². The van der Waals surface area contributed by atoms with Crippen molar-refractivity contribution in [1.82, 2.24) is 4.31 Å². The van der Waals surface area contributed by atoms with Gasteiger partial charge in [-0.3, -0.25) is 0 Å². The largest absolute Gasteiger partial charge is 0.243 e. The minimum Gasteiger partial charge on any atom is -0.207 e. The van der Waals surface area contributed by atoms with Crippen LogP contribution in [-0.2, 0) is 10.0 Å². The molecule has 0 amide bonds. The lowest BCUT2D eigenvalue weighted by Crippen LogP contribution is -2.32. The van der Waals surface area contributed by atoms with Crippen LogP contribution in [0.15, 0.2) is 40.8 Å². The van der Waals surface area contributed by atoms with Crippen molar-refractivity contribution in [2.75, 3.05) is 13.1 Å². The molecule has 1 heterocycles. The summed E-state index contributed by atoms with van der Waals surface area (Å²) < 4.78 is 27.2. The summed E-state index contributed by atoms with van der Waals surface area (Å²) in [5.74, 6) is -0.400. The van der Waals surface area contributed by atoms with Gasteiger partial charge in [0.05, 0.1) is 23.0 Å². The molecule has 2 aliphatic rings. The van der Waals surface area contributed by atoms with Crippen LogP contribution in [0.1, 0.15) is 12.5 Å². The highest BCUT2D eigenvalue weighted by Crippen LogP contribution is 2.43. The van der Waals surface area contributed by atoms with Crippen molar-refractivity contribution in [3.63, 3.8) is 0 Å². The number of allylic oxidation sites excluding steroid dienone is 1. The van der Waals surface area contributed by atoms with Gasteiger partial charge in [-0.25, -0.2) is 8.42 Å². The quantitative estimate of drug-likeness (QED) is 0.827. The Hall–Kier alpha value is -2.15. The molecule has 1 aliphatic carbocycles. The fourth-order valence-corrected chi connectivity index (χ4v) is 5.28. The zero-order chi connectivity index (χ0) is 17.5. The third-order valence-corrected chi connectivity index (χ3v) is 7.08. The fraction of sp³-hybridized carbons (Fsp3) is 0.444. The van der Waals surface area contributed by atoms with Gasteiger partial charge in [-0.2, -0.15) is 14.8 Å². The van der Waals surface area contributed by atoms with Gasteiger partial charge in [0.25, 0.3) is 0 Å². The number of nitrogens with zero attached hydrogens (tertiary/aromatic N) is 3. The molecule has 1 fully saturated rings. The van der Waals surface area contributed by atoms with E-state index in [2.05, 4.69) is 12.1 Å². The van der Waals surface area contributed by atoms with E-state index in [1.54, 1.807) is 24.3 Å². The van der Waals surface area contributed by atoms with E-state index in [0.29, 0.717) is 23.6 Å². The van der Waals surface area contributed by atoms with Gasteiger partial charge in [0.1, 0.15) is 0 Å². The number of fused-ring (bicyclic) bond motifs is 1. The zero-order valence-corrected chi connectivity index (χ0v) is 14.5. The Morgan fingerprint density at radius 2 is 1.83 bits per heavy atom. The number of hydrogen-bond acceptors (Lipinski definition) is 4. The molecule has 0 saturated carbocycles. The van der Waals surface area contributed by atoms with Crippen molar-refractivity contribution < 1.29 is 8.42 Å². The summed E-state index contributed by atoms with van der Waals surface area (Å²) in [4.78, 5) is 0.292. The molecular weight excluding hydrogens is 322 g/mol. The van der Waals surface area contributed by atoms with Gasteiger partial charge in [0.15, 0.2) is 0 Å². The van der Waals surface area contributed by atoms with Crippen molar-refractivity contribution in [2.24, 2.45) is 23.7 Å². The zero-order valence-electron chi connectivity index (χ0n) is 13.7. The van der Waals surface area contributed by atoms with Crippen LogP contribution < -0.4 is 0 Å². The second kappa shape index (κ2) is 6.05. The van der Waals surface area contributed by atoms with Crippen LogP contribution in [0.2, 0.25) is 0 Å². The maximum absolute atomic E-state index is 12.9. The molecule has 4 atom stereocenters. The van der Waals surface area contributed by atoms with Crippen molar-refractivity contribution in [2.45, 2.75) is 18.7 Å². The molecular formula is C18H19N3O2S. The van der Waals surface area contributed by atoms with Gasteiger partial charge in [-0.15, -0.1) is 0 Å². The average molecular weight is 341 g/mol. The average Bonchev–Trinajstić information content (AvgIpc) is 3.00. The number of rotatable bonds is 2. The molecule has 0 radical (unpaired) electrons. The second-order valence-electron chi connectivity index (χ2n) is 6.66. The maximum Gasteiger partial charge on any atom is 0.243 e. The number of hydrogen-bond donors (Lipinski definition) is 0. The number of nitriles is 2. The third-order valence-electron chi connectivity index (χ3n) is 5.24. The predicted molar refractivity (Wildman–Crippen MR) is 88.9 cm³/mol. The fourth-order valence-electron chi connectivity index (χ4n) is 3.76. The summed E-state index contributed by atoms with van der Waals surface area (Å²) in [6.45, 7) is 4.63. The van der Waals surface area contributed by atoms with Crippen LogP contribution in [0.25, 0.3) is 0 Å². The Bertz CT molecular complexity index is 859. The first-order valence-electron chi connectivity index (χ1n) is 7.96. The van der Waals surface area contributed by atoms with Gasteiger partial charge in [0, 0.05) is 18.7 Å². The first kappa shape index (κ1) is 16.7. The van der Waals surface area contributed by atoms with E-state index in [1.807, 2.05) is 19.9 Å². The smallest absolute Gasteiger partial charge is 0.207 e. The van der Waals surface area contributed by atoms with Crippen molar-refractivity contribution in [3.05, 3.63) is 41.5 Å². The van der Waals surface area contributed by atoms with Gasteiger partial charge < -0.3 is 0 Å². The molecule has 0 N–H and O–H groups in total. The highest BCUT2D eigenvalue weighted by atomic mass is 32.2. The van der Waals surface area contributed by atoms with Crippen molar-refractivity contribution >= 4 is 10.0 Å². The van der Waals surface area contributed by atoms with Crippen LogP contribution in [-0.4, -0.2) is 25.8 Å². The van der Waals surface area contributed by atoms with Crippen LogP contribution in [0, 0.1) is 53.3 Å². The van der Waals surface area contributed by atoms with Crippen LogP contribution in [0.3, 0.4) is 0 Å². The first-order chi connectivity index (χ1) is 11.4. The van der Waals surface area contributed by atoms with E-state index in [9.17, 15) is 18.9 Å². The van der Waals surface area contributed by atoms with E-state index in [0.717, 1.165) is 5.56 Å². The van der Waals surface area contributed by atoms with Gasteiger partial charge >= 0.3 is 0 Å². The second-order valence-corrected chi connectivity index (χ2v) is 8.60. The SMILES string of the molecule is Cc1ccc(S(=O)(=O)N2C[C@H]3[C@H](C)[C@H](C#N)C(C#N)=C[C@@H]3C2)cc1. The van der Waals surface area contributed by atoms with E-state index in [4.69, 9.17) is 0 Å². The lowest BCUT2D eigenvalue weighted by molar-refractivity contribution is 0.275. The van der Waals surface area contributed by atoms with Crippen LogP contribution in [0.5, 0.6) is 0 Å². The number of benzene rings is 1. The Balaban J connectivity index is 1.91. The molecule has 5 nitrogen and oxygen atoms in total. The molecule has 0 bridgehead atoms. The van der Waals surface area contributed by atoms with E-state index in [-0.39, 0.29) is 17.8 Å². The van der Waals surface area contributed by atoms with Crippen molar-refractivity contribution in [1.29, 1.82) is 10.5 Å². The standard InChI is InChI=1S/C18H19N3O2S/c1-12-3-5-16(6-4-12)24(22,23)21-10-15-7-14(8-19)17(9-20)13(2)18(15)11-21/h3-7,13,15,17-18H,10-11H2,1-2H3/t13-,15-,17+,18+/m1/s1. The minimum atomic E-state index is -3.55. The maximum atomic E-state index is 12.9. The third kappa shape index (κ3) is 2.62. The molecule has 0 aromatic heterocycles.